The van der Waals surface area contributed by atoms with Crippen LogP contribution < -0.4 is 15.4 Å². The van der Waals surface area contributed by atoms with Gasteiger partial charge in [-0.2, -0.15) is 0 Å². The number of hydrogen-bond donors (Lipinski definition) is 2. The fourth-order valence-corrected chi connectivity index (χ4v) is 2.80. The van der Waals surface area contributed by atoms with Crippen molar-refractivity contribution in [1.82, 2.24) is 10.6 Å². The molecule has 18 heavy (non-hydrogen) atoms. The minimum atomic E-state index is 0.300. The van der Waals surface area contributed by atoms with Gasteiger partial charge < -0.3 is 15.4 Å². The van der Waals surface area contributed by atoms with E-state index in [1.807, 2.05) is 0 Å². The van der Waals surface area contributed by atoms with E-state index in [0.29, 0.717) is 5.41 Å². The molecule has 2 aliphatic rings. The van der Waals surface area contributed by atoms with Crippen molar-refractivity contribution in [1.29, 1.82) is 0 Å². The Morgan fingerprint density at radius 3 is 3.00 bits per heavy atom. The van der Waals surface area contributed by atoms with E-state index in [1.54, 1.807) is 0 Å². The van der Waals surface area contributed by atoms with Crippen molar-refractivity contribution in [2.75, 3.05) is 26.2 Å². The summed E-state index contributed by atoms with van der Waals surface area (Å²) in [6, 6.07) is 6.55. The Balaban J connectivity index is 1.66. The highest BCUT2D eigenvalue weighted by Crippen LogP contribution is 2.27. The van der Waals surface area contributed by atoms with Gasteiger partial charge in [0.2, 0.25) is 0 Å². The molecule has 98 valence electrons. The second kappa shape index (κ2) is 4.90. The van der Waals surface area contributed by atoms with Gasteiger partial charge in [0.25, 0.3) is 0 Å². The molecule has 0 saturated carbocycles. The highest BCUT2D eigenvalue weighted by molar-refractivity contribution is 5.37. The maximum atomic E-state index is 5.99. The Hall–Kier alpha value is -1.06. The molecule has 1 aromatic rings. The number of benzene rings is 1. The second-order valence-corrected chi connectivity index (χ2v) is 5.88. The van der Waals surface area contributed by atoms with Gasteiger partial charge in [0.05, 0.1) is 6.61 Å². The lowest BCUT2D eigenvalue weighted by atomic mass is 9.91. The van der Waals surface area contributed by atoms with Crippen molar-refractivity contribution in [2.45, 2.75) is 26.3 Å². The summed E-state index contributed by atoms with van der Waals surface area (Å²) in [7, 11) is 0. The Bertz CT molecular complexity index is 425. The highest BCUT2D eigenvalue weighted by atomic mass is 16.5. The fraction of sp³-hybridized carbons (Fsp3) is 0.600. The van der Waals surface area contributed by atoms with E-state index in [4.69, 9.17) is 4.74 Å². The van der Waals surface area contributed by atoms with Crippen LogP contribution in [0, 0.1) is 5.41 Å². The van der Waals surface area contributed by atoms with Gasteiger partial charge in [0, 0.05) is 18.5 Å². The van der Waals surface area contributed by atoms with E-state index in [-0.39, 0.29) is 0 Å². The van der Waals surface area contributed by atoms with Gasteiger partial charge >= 0.3 is 0 Å². The van der Waals surface area contributed by atoms with Crippen LogP contribution >= 0.6 is 0 Å². The highest BCUT2D eigenvalue weighted by Gasteiger charge is 2.29. The van der Waals surface area contributed by atoms with Gasteiger partial charge in [-0.05, 0) is 49.2 Å². The van der Waals surface area contributed by atoms with E-state index < -0.39 is 0 Å². The predicted octanol–water partition coefficient (Wildman–Crippen LogP) is 1.71. The molecule has 1 atom stereocenters. The molecular formula is C15H22N2O. The molecule has 1 saturated heterocycles. The molecule has 0 radical (unpaired) electrons. The maximum absolute atomic E-state index is 5.99. The monoisotopic (exact) mass is 246 g/mol. The lowest BCUT2D eigenvalue weighted by Gasteiger charge is -2.24. The second-order valence-electron chi connectivity index (χ2n) is 5.88. The first-order valence-electron chi connectivity index (χ1n) is 6.91. The molecule has 0 aromatic heterocycles. The molecule has 1 unspecified atom stereocenters. The standard InChI is InChI=1S/C15H22N2O/c1-15(5-7-17-10-15)11-18-14-3-2-12-4-6-16-9-13(12)8-14/h2-3,8,16-17H,4-7,9-11H2,1H3. The molecule has 1 aromatic carbocycles. The summed E-state index contributed by atoms with van der Waals surface area (Å²) < 4.78 is 5.99. The lowest BCUT2D eigenvalue weighted by Crippen LogP contribution is -2.28. The van der Waals surface area contributed by atoms with Crippen LogP contribution in [0.15, 0.2) is 18.2 Å². The largest absolute Gasteiger partial charge is 0.493 e. The molecule has 2 N–H and O–H groups in total. The summed E-state index contributed by atoms with van der Waals surface area (Å²) in [6.07, 6.45) is 2.34. The van der Waals surface area contributed by atoms with Gasteiger partial charge in [-0.3, -0.25) is 0 Å². The average Bonchev–Trinajstić information content (AvgIpc) is 2.84. The topological polar surface area (TPSA) is 33.3 Å². The van der Waals surface area contributed by atoms with Crippen LogP contribution in [-0.2, 0) is 13.0 Å². The number of rotatable bonds is 3. The minimum Gasteiger partial charge on any atom is -0.493 e. The molecule has 3 rings (SSSR count). The number of ether oxygens (including phenoxy) is 1. The zero-order valence-corrected chi connectivity index (χ0v) is 11.1. The van der Waals surface area contributed by atoms with Gasteiger partial charge in [0.1, 0.15) is 5.75 Å². The number of nitrogens with one attached hydrogen (secondary N) is 2. The summed E-state index contributed by atoms with van der Waals surface area (Å²) in [5.41, 5.74) is 3.16. The molecule has 3 heteroatoms. The minimum absolute atomic E-state index is 0.300. The van der Waals surface area contributed by atoms with E-state index >= 15 is 0 Å². The van der Waals surface area contributed by atoms with Crippen molar-refractivity contribution in [2.24, 2.45) is 5.41 Å². The summed E-state index contributed by atoms with van der Waals surface area (Å²) in [6.45, 7) is 7.37. The van der Waals surface area contributed by atoms with Crippen LogP contribution in [0.25, 0.3) is 0 Å². The van der Waals surface area contributed by atoms with Crippen molar-refractivity contribution in [3.05, 3.63) is 29.3 Å². The first-order chi connectivity index (χ1) is 8.75. The number of fused-ring (bicyclic) bond motifs is 1. The third kappa shape index (κ3) is 2.52. The molecule has 0 spiro atoms. The Morgan fingerprint density at radius 2 is 2.17 bits per heavy atom. The van der Waals surface area contributed by atoms with Gasteiger partial charge in [-0.25, -0.2) is 0 Å². The van der Waals surface area contributed by atoms with E-state index in [2.05, 4.69) is 35.8 Å². The normalized spacial score (nSPS) is 26.9. The Kier molecular flexibility index (Phi) is 3.27. The fourth-order valence-electron chi connectivity index (χ4n) is 2.80. The quantitative estimate of drug-likeness (QED) is 0.852. The first-order valence-corrected chi connectivity index (χ1v) is 6.91. The SMILES string of the molecule is CC1(COc2ccc3c(c2)CNCC3)CCNC1. The van der Waals surface area contributed by atoms with Gasteiger partial charge in [-0.15, -0.1) is 0 Å². The zero-order valence-electron chi connectivity index (χ0n) is 11.1. The third-order valence-electron chi connectivity index (χ3n) is 4.11. The summed E-state index contributed by atoms with van der Waals surface area (Å²) in [4.78, 5) is 0. The molecular weight excluding hydrogens is 224 g/mol. The van der Waals surface area contributed by atoms with E-state index in [0.717, 1.165) is 45.0 Å². The van der Waals surface area contributed by atoms with E-state index in [1.165, 1.54) is 17.5 Å². The Morgan fingerprint density at radius 1 is 1.22 bits per heavy atom. The van der Waals surface area contributed by atoms with Crippen LogP contribution in [0.5, 0.6) is 5.75 Å². The zero-order chi connectivity index (χ0) is 12.4. The van der Waals surface area contributed by atoms with Crippen LogP contribution in [0.3, 0.4) is 0 Å². The van der Waals surface area contributed by atoms with Crippen molar-refractivity contribution in [3.8, 4) is 5.75 Å². The van der Waals surface area contributed by atoms with Crippen molar-refractivity contribution >= 4 is 0 Å². The molecule has 0 bridgehead atoms. The molecule has 3 nitrogen and oxygen atoms in total. The van der Waals surface area contributed by atoms with E-state index in [9.17, 15) is 0 Å². The average molecular weight is 246 g/mol. The molecule has 2 heterocycles. The molecule has 0 aliphatic carbocycles. The van der Waals surface area contributed by atoms with Crippen molar-refractivity contribution < 1.29 is 4.74 Å². The van der Waals surface area contributed by atoms with Crippen LogP contribution in [0.2, 0.25) is 0 Å². The summed E-state index contributed by atoms with van der Waals surface area (Å²) >= 11 is 0. The lowest BCUT2D eigenvalue weighted by molar-refractivity contribution is 0.180. The van der Waals surface area contributed by atoms with Crippen LogP contribution in [-0.4, -0.2) is 26.2 Å². The van der Waals surface area contributed by atoms with Gasteiger partial charge in [0.15, 0.2) is 0 Å². The number of hydrogen-bond acceptors (Lipinski definition) is 3. The van der Waals surface area contributed by atoms with Gasteiger partial charge in [-0.1, -0.05) is 13.0 Å². The summed E-state index contributed by atoms with van der Waals surface area (Å²) in [5.74, 6) is 1.02. The predicted molar refractivity (Wildman–Crippen MR) is 72.9 cm³/mol. The Labute approximate surface area is 109 Å². The smallest absolute Gasteiger partial charge is 0.119 e. The first kappa shape index (κ1) is 12.0. The third-order valence-corrected chi connectivity index (χ3v) is 4.11. The van der Waals surface area contributed by atoms with Crippen LogP contribution in [0.4, 0.5) is 0 Å². The molecule has 2 aliphatic heterocycles. The maximum Gasteiger partial charge on any atom is 0.119 e. The van der Waals surface area contributed by atoms with Crippen molar-refractivity contribution in [3.63, 3.8) is 0 Å². The van der Waals surface area contributed by atoms with Crippen LogP contribution in [0.1, 0.15) is 24.5 Å². The molecule has 1 fully saturated rings. The molecule has 0 amide bonds. The summed E-state index contributed by atoms with van der Waals surface area (Å²) in [5, 5.41) is 6.82.